The number of amides is 5. The number of hydrogen-bond acceptors (Lipinski definition) is 11. The molecule has 0 radical (unpaired) electrons. The SMILES string of the molecule is Nc1nccn2c([C@@H]3CCCN3CCc3ccc(CCNc4cccc5c4C(=O)N(C4CCC(=O)NC4=O)C5=O)cc3)nc(-c3ccc(C(=O)Nc4ccccn4)cc3)c12. The summed E-state index contributed by atoms with van der Waals surface area (Å²) in [4.78, 5) is 80.9. The van der Waals surface area contributed by atoms with Crippen LogP contribution in [0.3, 0.4) is 0 Å². The number of carbonyl (C=O) groups excluding carboxylic acids is 5. The number of anilines is 3. The minimum atomic E-state index is -1.01. The number of carbonyl (C=O) groups is 5. The van der Waals surface area contributed by atoms with Crippen LogP contribution in [0, 0.1) is 0 Å². The molecule has 1 unspecified atom stereocenters. The zero-order valence-electron chi connectivity index (χ0n) is 32.6. The van der Waals surface area contributed by atoms with Crippen LogP contribution in [-0.4, -0.2) is 84.4 Å². The molecule has 0 bridgehead atoms. The summed E-state index contributed by atoms with van der Waals surface area (Å²) < 4.78 is 2.05. The normalized spacial score (nSPS) is 17.9. The highest BCUT2D eigenvalue weighted by Crippen LogP contribution is 2.37. The van der Waals surface area contributed by atoms with Crippen molar-refractivity contribution < 1.29 is 24.0 Å². The van der Waals surface area contributed by atoms with Crippen LogP contribution in [0.2, 0.25) is 0 Å². The topological polar surface area (TPSA) is 197 Å². The molecule has 15 heteroatoms. The molecule has 5 amide bonds. The number of piperidine rings is 1. The highest BCUT2D eigenvalue weighted by Gasteiger charge is 2.45. The van der Waals surface area contributed by atoms with E-state index < -0.39 is 29.7 Å². The van der Waals surface area contributed by atoms with Gasteiger partial charge in [0.2, 0.25) is 11.8 Å². The van der Waals surface area contributed by atoms with Crippen LogP contribution in [0.5, 0.6) is 0 Å². The molecule has 0 saturated carbocycles. The van der Waals surface area contributed by atoms with Crippen molar-refractivity contribution in [2.45, 2.75) is 50.6 Å². The van der Waals surface area contributed by atoms with Crippen molar-refractivity contribution in [2.75, 3.05) is 36.0 Å². The summed E-state index contributed by atoms with van der Waals surface area (Å²) >= 11 is 0. The van der Waals surface area contributed by atoms with Gasteiger partial charge in [-0.05, 0) is 86.2 Å². The Bertz CT molecular complexity index is 2650. The molecule has 3 aromatic carbocycles. The molecular weight excluding hydrogens is 761 g/mol. The molecule has 302 valence electrons. The standard InChI is InChI=1S/C45H42N10O5/c46-40-39-38(29-13-15-30(16-14-29)42(57)50-35-8-1-2-21-48-35)52-41(54(39)26-23-49-40)33-7-4-24-53(33)25-20-28-11-9-27(10-12-28)19-22-47-32-6-3-5-31-37(32)45(60)55(44(31)59)34-17-18-36(56)51-43(34)58/h1-3,5-6,8-16,21,23,26,33-34,47H,4,7,17-20,22,24-25H2,(H2,46,49)(H,48,50,57)(H,51,56,58)/t33-,34?/m0/s1. The van der Waals surface area contributed by atoms with E-state index in [-0.39, 0.29) is 35.9 Å². The molecular formula is C45H42N10O5. The van der Waals surface area contributed by atoms with Gasteiger partial charge in [-0.15, -0.1) is 0 Å². The summed E-state index contributed by atoms with van der Waals surface area (Å²) in [5.74, 6) is -0.578. The molecule has 3 aromatic heterocycles. The van der Waals surface area contributed by atoms with Crippen LogP contribution in [0.4, 0.5) is 17.3 Å². The van der Waals surface area contributed by atoms with Crippen LogP contribution >= 0.6 is 0 Å². The number of aromatic nitrogens is 4. The van der Waals surface area contributed by atoms with Gasteiger partial charge in [-0.2, -0.15) is 0 Å². The molecule has 9 rings (SSSR count). The maximum Gasteiger partial charge on any atom is 0.264 e. The van der Waals surface area contributed by atoms with Crippen molar-refractivity contribution >= 4 is 52.4 Å². The number of fused-ring (bicyclic) bond motifs is 2. The molecule has 2 atom stereocenters. The average molecular weight is 803 g/mol. The molecule has 6 aromatic rings. The number of nitrogens with zero attached hydrogens (tertiary/aromatic N) is 6. The Morgan fingerprint density at radius 1 is 0.833 bits per heavy atom. The van der Waals surface area contributed by atoms with Gasteiger partial charge in [-0.1, -0.05) is 48.5 Å². The average Bonchev–Trinajstić information content (AvgIpc) is 3.96. The Labute approximate surface area is 345 Å². The lowest BCUT2D eigenvalue weighted by Crippen LogP contribution is -2.54. The highest BCUT2D eigenvalue weighted by molar-refractivity contribution is 6.25. The maximum absolute atomic E-state index is 13.5. The lowest BCUT2D eigenvalue weighted by atomic mass is 10.0. The molecule has 0 aliphatic carbocycles. The fraction of sp³-hybridized carbons (Fsp3) is 0.244. The number of imidazole rings is 1. The zero-order chi connectivity index (χ0) is 41.3. The third-order valence-electron chi connectivity index (χ3n) is 11.5. The predicted octanol–water partition coefficient (Wildman–Crippen LogP) is 5.06. The fourth-order valence-electron chi connectivity index (χ4n) is 8.46. The molecule has 2 saturated heterocycles. The van der Waals surface area contributed by atoms with Gasteiger partial charge in [0.15, 0.2) is 0 Å². The van der Waals surface area contributed by atoms with E-state index in [2.05, 4.69) is 59.5 Å². The molecule has 6 heterocycles. The van der Waals surface area contributed by atoms with Crippen molar-refractivity contribution in [1.82, 2.24) is 34.5 Å². The monoisotopic (exact) mass is 802 g/mol. The molecule has 3 aliphatic rings. The predicted molar refractivity (Wildman–Crippen MR) is 224 cm³/mol. The van der Waals surface area contributed by atoms with Gasteiger partial charge in [0, 0.05) is 54.9 Å². The molecule has 3 aliphatic heterocycles. The Morgan fingerprint density at radius 3 is 2.40 bits per heavy atom. The molecule has 0 spiro atoms. The van der Waals surface area contributed by atoms with E-state index >= 15 is 0 Å². The van der Waals surface area contributed by atoms with Gasteiger partial charge in [-0.3, -0.25) is 43.5 Å². The van der Waals surface area contributed by atoms with Gasteiger partial charge in [0.1, 0.15) is 34.7 Å². The second-order valence-corrected chi connectivity index (χ2v) is 15.2. The second-order valence-electron chi connectivity index (χ2n) is 15.2. The third kappa shape index (κ3) is 7.34. The lowest BCUT2D eigenvalue weighted by molar-refractivity contribution is -0.136. The first-order chi connectivity index (χ1) is 29.2. The summed E-state index contributed by atoms with van der Waals surface area (Å²) in [6.07, 6.45) is 8.96. The number of nitrogens with one attached hydrogen (secondary N) is 3. The van der Waals surface area contributed by atoms with E-state index in [0.29, 0.717) is 35.9 Å². The largest absolute Gasteiger partial charge is 0.384 e. The van der Waals surface area contributed by atoms with E-state index in [4.69, 9.17) is 10.7 Å². The van der Waals surface area contributed by atoms with Crippen molar-refractivity contribution in [1.29, 1.82) is 0 Å². The van der Waals surface area contributed by atoms with E-state index in [1.807, 2.05) is 24.4 Å². The van der Waals surface area contributed by atoms with Gasteiger partial charge in [-0.25, -0.2) is 15.0 Å². The smallest absolute Gasteiger partial charge is 0.264 e. The Balaban J connectivity index is 0.830. The Hall–Kier alpha value is -7.26. The zero-order valence-corrected chi connectivity index (χ0v) is 32.6. The minimum absolute atomic E-state index is 0.0697. The highest BCUT2D eigenvalue weighted by atomic mass is 16.2. The van der Waals surface area contributed by atoms with Crippen molar-refractivity contribution in [3.05, 3.63) is 137 Å². The second kappa shape index (κ2) is 16.2. The number of benzene rings is 3. The summed E-state index contributed by atoms with van der Waals surface area (Å²) in [5.41, 5.74) is 12.6. The number of nitrogens with two attached hydrogens (primary N) is 1. The number of hydrogen-bond donors (Lipinski definition) is 4. The molecule has 15 nitrogen and oxygen atoms in total. The lowest BCUT2D eigenvalue weighted by Gasteiger charge is -2.27. The molecule has 60 heavy (non-hydrogen) atoms. The Morgan fingerprint density at radius 2 is 1.63 bits per heavy atom. The Kier molecular flexibility index (Phi) is 10.3. The summed E-state index contributed by atoms with van der Waals surface area (Å²) in [6.45, 7) is 2.32. The van der Waals surface area contributed by atoms with Gasteiger partial charge >= 0.3 is 0 Å². The van der Waals surface area contributed by atoms with Crippen LogP contribution in [0.1, 0.15) is 79.8 Å². The number of likely N-dealkylation sites (tertiary alicyclic amines) is 1. The van der Waals surface area contributed by atoms with Gasteiger partial charge in [0.05, 0.1) is 17.2 Å². The summed E-state index contributed by atoms with van der Waals surface area (Å²) in [7, 11) is 0. The van der Waals surface area contributed by atoms with Crippen LogP contribution in [0.15, 0.2) is 104 Å². The van der Waals surface area contributed by atoms with Crippen molar-refractivity contribution in [3.8, 4) is 11.3 Å². The van der Waals surface area contributed by atoms with Crippen molar-refractivity contribution in [3.63, 3.8) is 0 Å². The summed E-state index contributed by atoms with van der Waals surface area (Å²) in [6, 6.07) is 25.3. The molecule has 5 N–H and O–H groups in total. The minimum Gasteiger partial charge on any atom is -0.384 e. The first kappa shape index (κ1) is 38.3. The van der Waals surface area contributed by atoms with E-state index in [1.165, 1.54) is 5.56 Å². The molecule has 2 fully saturated rings. The van der Waals surface area contributed by atoms with Crippen LogP contribution in [-0.2, 0) is 22.4 Å². The van der Waals surface area contributed by atoms with E-state index in [0.717, 1.165) is 65.4 Å². The van der Waals surface area contributed by atoms with Crippen LogP contribution in [0.25, 0.3) is 16.8 Å². The number of rotatable bonds is 12. The third-order valence-corrected chi connectivity index (χ3v) is 11.5. The van der Waals surface area contributed by atoms with Gasteiger partial charge in [0.25, 0.3) is 17.7 Å². The van der Waals surface area contributed by atoms with E-state index in [9.17, 15) is 24.0 Å². The number of nitrogen functional groups attached to an aromatic ring is 1. The van der Waals surface area contributed by atoms with Crippen LogP contribution < -0.4 is 21.7 Å². The van der Waals surface area contributed by atoms with Gasteiger partial charge < -0.3 is 16.4 Å². The fourth-order valence-corrected chi connectivity index (χ4v) is 8.46. The first-order valence-corrected chi connectivity index (χ1v) is 20.1. The van der Waals surface area contributed by atoms with E-state index in [1.54, 1.807) is 54.9 Å². The number of imide groups is 2. The summed E-state index contributed by atoms with van der Waals surface area (Å²) in [5, 5.41) is 8.38. The van der Waals surface area contributed by atoms with Crippen molar-refractivity contribution in [2.24, 2.45) is 0 Å². The maximum atomic E-state index is 13.5. The number of pyridine rings is 1. The quantitative estimate of drug-likeness (QED) is 0.121. The first-order valence-electron chi connectivity index (χ1n) is 20.1.